The Morgan fingerprint density at radius 1 is 1.26 bits per heavy atom. The van der Waals surface area contributed by atoms with E-state index in [0.29, 0.717) is 11.3 Å². The second kappa shape index (κ2) is 6.17. The molecule has 0 bridgehead atoms. The molecule has 0 aliphatic heterocycles. The van der Waals surface area contributed by atoms with Crippen molar-refractivity contribution in [3.05, 3.63) is 63.9 Å². The molecule has 0 saturated heterocycles. The Labute approximate surface area is 120 Å². The van der Waals surface area contributed by atoms with E-state index >= 15 is 0 Å². The Morgan fingerprint density at radius 2 is 2.05 bits per heavy atom. The van der Waals surface area contributed by atoms with Crippen LogP contribution in [0.2, 0.25) is 0 Å². The van der Waals surface area contributed by atoms with Crippen LogP contribution < -0.4 is 4.74 Å². The van der Waals surface area contributed by atoms with Gasteiger partial charge in [-0.25, -0.2) is 4.39 Å². The molecule has 1 N–H and O–H groups in total. The van der Waals surface area contributed by atoms with Crippen LogP contribution in [0.5, 0.6) is 5.75 Å². The molecule has 2 rings (SSSR count). The van der Waals surface area contributed by atoms with E-state index in [1.165, 1.54) is 12.1 Å². The molecule has 100 valence electrons. The predicted octanol–water partition coefficient (Wildman–Crippen LogP) is 4.22. The first-order valence-electron chi connectivity index (χ1n) is 5.91. The van der Waals surface area contributed by atoms with Gasteiger partial charge in [0, 0.05) is 10.0 Å². The smallest absolute Gasteiger partial charge is 0.125 e. The molecule has 2 nitrogen and oxygen atoms in total. The number of aliphatic hydroxyl groups is 1. The van der Waals surface area contributed by atoms with Crippen molar-refractivity contribution in [1.29, 1.82) is 0 Å². The predicted molar refractivity (Wildman–Crippen MR) is 75.5 cm³/mol. The largest absolute Gasteiger partial charge is 0.489 e. The fraction of sp³-hybridized carbons (Fsp3) is 0.200. The molecule has 0 aliphatic carbocycles. The van der Waals surface area contributed by atoms with Crippen molar-refractivity contribution in [2.45, 2.75) is 19.6 Å². The lowest BCUT2D eigenvalue weighted by Gasteiger charge is -2.14. The van der Waals surface area contributed by atoms with Gasteiger partial charge in [0.25, 0.3) is 0 Å². The first kappa shape index (κ1) is 14.0. The molecular formula is C15H14BrFO2. The molecular weight excluding hydrogens is 311 g/mol. The molecule has 2 aromatic rings. The van der Waals surface area contributed by atoms with Gasteiger partial charge in [0.05, 0.1) is 6.10 Å². The highest BCUT2D eigenvalue weighted by Gasteiger charge is 2.10. The fourth-order valence-electron chi connectivity index (χ4n) is 1.77. The molecule has 0 unspecified atom stereocenters. The summed E-state index contributed by atoms with van der Waals surface area (Å²) >= 11 is 3.35. The molecule has 0 fully saturated rings. The first-order chi connectivity index (χ1) is 9.06. The maximum Gasteiger partial charge on any atom is 0.125 e. The second-order valence-corrected chi connectivity index (χ2v) is 5.19. The van der Waals surface area contributed by atoms with E-state index in [4.69, 9.17) is 4.74 Å². The third kappa shape index (κ3) is 3.78. The lowest BCUT2D eigenvalue weighted by Crippen LogP contribution is -2.01. The summed E-state index contributed by atoms with van der Waals surface area (Å²) in [5.41, 5.74) is 1.45. The monoisotopic (exact) mass is 324 g/mol. The summed E-state index contributed by atoms with van der Waals surface area (Å²) < 4.78 is 19.6. The van der Waals surface area contributed by atoms with Crippen LogP contribution >= 0.6 is 15.9 Å². The standard InChI is InChI=1S/C15H14BrFO2/c1-10(18)14-8-12(16)5-6-15(14)19-9-11-3-2-4-13(17)7-11/h2-8,10,18H,9H2,1H3/t10-/m1/s1. The zero-order chi connectivity index (χ0) is 13.8. The number of hydrogen-bond acceptors (Lipinski definition) is 2. The summed E-state index contributed by atoms with van der Waals surface area (Å²) in [6.07, 6.45) is -0.625. The first-order valence-corrected chi connectivity index (χ1v) is 6.70. The van der Waals surface area contributed by atoms with E-state index < -0.39 is 6.10 Å². The van der Waals surface area contributed by atoms with Gasteiger partial charge in [-0.2, -0.15) is 0 Å². The van der Waals surface area contributed by atoms with Gasteiger partial charge in [-0.15, -0.1) is 0 Å². The Morgan fingerprint density at radius 3 is 2.74 bits per heavy atom. The number of ether oxygens (including phenoxy) is 1. The van der Waals surface area contributed by atoms with Gasteiger partial charge in [-0.3, -0.25) is 0 Å². The Kier molecular flexibility index (Phi) is 4.56. The van der Waals surface area contributed by atoms with Crippen LogP contribution in [0, 0.1) is 5.82 Å². The van der Waals surface area contributed by atoms with Crippen LogP contribution in [0.3, 0.4) is 0 Å². The van der Waals surface area contributed by atoms with E-state index in [2.05, 4.69) is 15.9 Å². The summed E-state index contributed by atoms with van der Waals surface area (Å²) in [7, 11) is 0. The Hall–Kier alpha value is -1.39. The third-order valence-electron chi connectivity index (χ3n) is 2.71. The molecule has 0 aromatic heterocycles. The third-order valence-corrected chi connectivity index (χ3v) is 3.20. The van der Waals surface area contributed by atoms with Crippen molar-refractivity contribution in [3.8, 4) is 5.75 Å². The van der Waals surface area contributed by atoms with E-state index in [1.807, 2.05) is 12.1 Å². The highest BCUT2D eigenvalue weighted by atomic mass is 79.9. The van der Waals surface area contributed by atoms with Gasteiger partial charge in [-0.05, 0) is 42.8 Å². The highest BCUT2D eigenvalue weighted by Crippen LogP contribution is 2.29. The highest BCUT2D eigenvalue weighted by molar-refractivity contribution is 9.10. The molecule has 1 atom stereocenters. The lowest BCUT2D eigenvalue weighted by atomic mass is 10.1. The normalized spacial score (nSPS) is 12.2. The lowest BCUT2D eigenvalue weighted by molar-refractivity contribution is 0.190. The van der Waals surface area contributed by atoms with Crippen molar-refractivity contribution in [1.82, 2.24) is 0 Å². The van der Waals surface area contributed by atoms with Gasteiger partial charge in [0.1, 0.15) is 18.2 Å². The summed E-state index contributed by atoms with van der Waals surface area (Å²) in [5.74, 6) is 0.315. The molecule has 0 radical (unpaired) electrons. The minimum Gasteiger partial charge on any atom is -0.489 e. The van der Waals surface area contributed by atoms with Crippen molar-refractivity contribution in [2.75, 3.05) is 0 Å². The second-order valence-electron chi connectivity index (χ2n) is 4.28. The zero-order valence-electron chi connectivity index (χ0n) is 10.4. The average Bonchev–Trinajstić information content (AvgIpc) is 2.37. The zero-order valence-corrected chi connectivity index (χ0v) is 12.0. The van der Waals surface area contributed by atoms with E-state index in [9.17, 15) is 9.50 Å². The van der Waals surface area contributed by atoms with Crippen LogP contribution in [0.1, 0.15) is 24.2 Å². The minimum atomic E-state index is -0.625. The molecule has 0 spiro atoms. The van der Waals surface area contributed by atoms with Gasteiger partial charge in [-0.1, -0.05) is 28.1 Å². The van der Waals surface area contributed by atoms with Crippen LogP contribution in [0.4, 0.5) is 4.39 Å². The van der Waals surface area contributed by atoms with Crippen LogP contribution in [0.25, 0.3) is 0 Å². The van der Waals surface area contributed by atoms with Gasteiger partial charge in [0.2, 0.25) is 0 Å². The molecule has 0 saturated carbocycles. The maximum atomic E-state index is 13.1. The molecule has 19 heavy (non-hydrogen) atoms. The minimum absolute atomic E-state index is 0.263. The van der Waals surface area contributed by atoms with Gasteiger partial charge in [0.15, 0.2) is 0 Å². The molecule has 4 heteroatoms. The Balaban J connectivity index is 2.15. The van der Waals surface area contributed by atoms with Gasteiger partial charge < -0.3 is 9.84 Å². The van der Waals surface area contributed by atoms with Gasteiger partial charge >= 0.3 is 0 Å². The summed E-state index contributed by atoms with van der Waals surface area (Å²) in [6, 6.07) is 11.7. The number of hydrogen-bond donors (Lipinski definition) is 1. The maximum absolute atomic E-state index is 13.1. The number of aliphatic hydroxyl groups excluding tert-OH is 1. The summed E-state index contributed by atoms with van der Waals surface area (Å²) in [4.78, 5) is 0. The molecule has 2 aromatic carbocycles. The van der Waals surface area contributed by atoms with Crippen molar-refractivity contribution in [2.24, 2.45) is 0 Å². The summed E-state index contributed by atoms with van der Waals surface area (Å²) in [5, 5.41) is 9.71. The quantitative estimate of drug-likeness (QED) is 0.912. The van der Waals surface area contributed by atoms with E-state index in [1.54, 1.807) is 25.1 Å². The SMILES string of the molecule is C[C@@H](O)c1cc(Br)ccc1OCc1cccc(F)c1. The van der Waals surface area contributed by atoms with Crippen molar-refractivity contribution >= 4 is 15.9 Å². The number of benzene rings is 2. The van der Waals surface area contributed by atoms with E-state index in [0.717, 1.165) is 10.0 Å². The van der Waals surface area contributed by atoms with Crippen molar-refractivity contribution in [3.63, 3.8) is 0 Å². The molecule has 0 aliphatic rings. The van der Waals surface area contributed by atoms with E-state index in [-0.39, 0.29) is 12.4 Å². The number of rotatable bonds is 4. The van der Waals surface area contributed by atoms with Crippen LogP contribution in [-0.2, 0) is 6.61 Å². The van der Waals surface area contributed by atoms with Crippen LogP contribution in [-0.4, -0.2) is 5.11 Å². The topological polar surface area (TPSA) is 29.5 Å². The number of halogens is 2. The fourth-order valence-corrected chi connectivity index (χ4v) is 2.14. The average molecular weight is 325 g/mol. The molecule has 0 amide bonds. The van der Waals surface area contributed by atoms with Crippen LogP contribution in [0.15, 0.2) is 46.9 Å². The van der Waals surface area contributed by atoms with Crippen molar-refractivity contribution < 1.29 is 14.2 Å². The molecule has 0 heterocycles. The Bertz CT molecular complexity index is 570. The summed E-state index contributed by atoms with van der Waals surface area (Å²) in [6.45, 7) is 1.94.